The number of fused-ring (bicyclic) bond motifs is 4. The second kappa shape index (κ2) is 6.22. The van der Waals surface area contributed by atoms with E-state index in [1.165, 1.54) is 12.8 Å². The molecule has 2 bridgehead atoms. The quantitative estimate of drug-likeness (QED) is 0.821. The minimum absolute atomic E-state index is 0.0119. The van der Waals surface area contributed by atoms with Crippen LogP contribution in [0.5, 0.6) is 0 Å². The number of carbonyl (C=O) groups excluding carboxylic acids is 2. The summed E-state index contributed by atoms with van der Waals surface area (Å²) in [6.45, 7) is 4.84. The van der Waals surface area contributed by atoms with Gasteiger partial charge < -0.3 is 9.80 Å². The Balaban J connectivity index is 1.40. The molecule has 3 saturated heterocycles. The lowest BCUT2D eigenvalue weighted by Gasteiger charge is -2.36. The van der Waals surface area contributed by atoms with Gasteiger partial charge in [0, 0.05) is 50.5 Å². The average molecular weight is 330 g/mol. The largest absolute Gasteiger partial charge is 0.340 e. The first-order valence-electron chi connectivity index (χ1n) is 9.18. The van der Waals surface area contributed by atoms with E-state index in [9.17, 15) is 9.59 Å². The summed E-state index contributed by atoms with van der Waals surface area (Å²) in [5.74, 6) is 1.16. The number of rotatable bonds is 5. The van der Waals surface area contributed by atoms with Crippen molar-refractivity contribution in [2.45, 2.75) is 51.6 Å². The summed E-state index contributed by atoms with van der Waals surface area (Å²) in [7, 11) is 0. The highest BCUT2D eigenvalue weighted by Crippen LogP contribution is 2.35. The molecule has 130 valence electrons. The molecule has 24 heavy (non-hydrogen) atoms. The minimum Gasteiger partial charge on any atom is -0.340 e. The van der Waals surface area contributed by atoms with E-state index in [1.807, 2.05) is 22.6 Å². The smallest absolute Gasteiger partial charge is 0.227 e. The van der Waals surface area contributed by atoms with Crippen molar-refractivity contribution in [3.63, 3.8) is 0 Å². The predicted molar refractivity (Wildman–Crippen MR) is 89.1 cm³/mol. The van der Waals surface area contributed by atoms with Crippen LogP contribution in [0, 0.1) is 18.8 Å². The molecule has 1 aromatic rings. The van der Waals surface area contributed by atoms with Crippen molar-refractivity contribution < 1.29 is 9.59 Å². The Morgan fingerprint density at radius 2 is 2.08 bits per heavy atom. The molecule has 4 heterocycles. The molecule has 5 rings (SSSR count). The van der Waals surface area contributed by atoms with E-state index >= 15 is 0 Å². The third-order valence-electron chi connectivity index (χ3n) is 5.76. The maximum Gasteiger partial charge on any atom is 0.227 e. The molecule has 4 aliphatic rings. The van der Waals surface area contributed by atoms with Crippen LogP contribution in [0.4, 0.5) is 0 Å². The van der Waals surface area contributed by atoms with Gasteiger partial charge in [0.25, 0.3) is 0 Å². The Morgan fingerprint density at radius 1 is 1.25 bits per heavy atom. The van der Waals surface area contributed by atoms with E-state index in [0.29, 0.717) is 32.0 Å². The second-order valence-electron chi connectivity index (χ2n) is 7.61. The number of aryl methyl sites for hydroxylation is 2. The topological polar surface area (TPSA) is 58.4 Å². The number of piperidine rings is 1. The van der Waals surface area contributed by atoms with Gasteiger partial charge in [0.2, 0.25) is 11.8 Å². The lowest BCUT2D eigenvalue weighted by Crippen LogP contribution is -2.48. The van der Waals surface area contributed by atoms with E-state index < -0.39 is 0 Å². The Hall–Kier alpha value is -1.85. The summed E-state index contributed by atoms with van der Waals surface area (Å²) < 4.78 is 1.87. The van der Waals surface area contributed by atoms with E-state index in [2.05, 4.69) is 10.00 Å². The molecule has 6 heteroatoms. The van der Waals surface area contributed by atoms with Crippen LogP contribution in [-0.2, 0) is 16.1 Å². The van der Waals surface area contributed by atoms with Gasteiger partial charge in [-0.05, 0) is 44.6 Å². The first kappa shape index (κ1) is 15.7. The van der Waals surface area contributed by atoms with Crippen molar-refractivity contribution in [2.75, 3.05) is 19.6 Å². The molecule has 2 amide bonds. The van der Waals surface area contributed by atoms with Crippen molar-refractivity contribution in [2.24, 2.45) is 11.8 Å². The highest BCUT2D eigenvalue weighted by Gasteiger charge is 2.43. The Labute approximate surface area is 142 Å². The third kappa shape index (κ3) is 3.06. The molecule has 1 aromatic heterocycles. The summed E-state index contributed by atoms with van der Waals surface area (Å²) in [6.07, 6.45) is 6.72. The maximum absolute atomic E-state index is 12.7. The molecule has 3 aliphatic heterocycles. The van der Waals surface area contributed by atoms with Crippen molar-refractivity contribution in [1.29, 1.82) is 0 Å². The Morgan fingerprint density at radius 3 is 2.79 bits per heavy atom. The van der Waals surface area contributed by atoms with Crippen LogP contribution in [0.2, 0.25) is 0 Å². The van der Waals surface area contributed by atoms with E-state index in [-0.39, 0.29) is 23.8 Å². The predicted octanol–water partition coefficient (Wildman–Crippen LogP) is 1.44. The van der Waals surface area contributed by atoms with Gasteiger partial charge in [0.05, 0.1) is 5.92 Å². The summed E-state index contributed by atoms with van der Waals surface area (Å²) >= 11 is 0. The van der Waals surface area contributed by atoms with Crippen molar-refractivity contribution in [1.82, 2.24) is 19.6 Å². The number of carbonyl (C=O) groups is 2. The number of aromatic nitrogens is 2. The molecule has 4 fully saturated rings. The zero-order valence-corrected chi connectivity index (χ0v) is 14.4. The van der Waals surface area contributed by atoms with Crippen LogP contribution in [0.15, 0.2) is 12.3 Å². The second-order valence-corrected chi connectivity index (χ2v) is 7.61. The molecular weight excluding hydrogens is 304 g/mol. The van der Waals surface area contributed by atoms with Crippen LogP contribution >= 0.6 is 0 Å². The van der Waals surface area contributed by atoms with Crippen LogP contribution in [-0.4, -0.2) is 57.1 Å². The molecule has 6 nitrogen and oxygen atoms in total. The standard InChI is InChI=1S/C18H26N4O2/c1-13-6-8-19-22(13)9-7-17(23)20-11-15-4-5-16(12-20)21(18(15)24)10-14-2-3-14/h6,8,14-16H,2-5,7,9-12H2,1H3. The van der Waals surface area contributed by atoms with Gasteiger partial charge in [-0.3, -0.25) is 14.3 Å². The van der Waals surface area contributed by atoms with Crippen molar-refractivity contribution >= 4 is 11.8 Å². The lowest BCUT2D eigenvalue weighted by atomic mass is 9.94. The van der Waals surface area contributed by atoms with Gasteiger partial charge >= 0.3 is 0 Å². The van der Waals surface area contributed by atoms with Crippen LogP contribution in [0.1, 0.15) is 37.8 Å². The fourth-order valence-corrected chi connectivity index (χ4v) is 4.06. The molecule has 2 unspecified atom stereocenters. The van der Waals surface area contributed by atoms with Crippen LogP contribution in [0.25, 0.3) is 0 Å². The monoisotopic (exact) mass is 330 g/mol. The molecule has 1 aliphatic carbocycles. The number of nitrogens with zero attached hydrogens (tertiary/aromatic N) is 4. The van der Waals surface area contributed by atoms with Gasteiger partial charge in [0.1, 0.15) is 0 Å². The summed E-state index contributed by atoms with van der Waals surface area (Å²) in [4.78, 5) is 29.4. The molecule has 0 spiro atoms. The van der Waals surface area contributed by atoms with Gasteiger partial charge in [-0.2, -0.15) is 5.10 Å². The zero-order chi connectivity index (χ0) is 16.7. The molecule has 1 saturated carbocycles. The molecule has 2 atom stereocenters. The molecule has 0 N–H and O–H groups in total. The summed E-state index contributed by atoms with van der Waals surface area (Å²) in [6, 6.07) is 2.18. The van der Waals surface area contributed by atoms with Gasteiger partial charge in [-0.15, -0.1) is 0 Å². The van der Waals surface area contributed by atoms with Crippen molar-refractivity contribution in [3.8, 4) is 0 Å². The van der Waals surface area contributed by atoms with E-state index in [1.54, 1.807) is 6.20 Å². The minimum atomic E-state index is 0.0119. The zero-order valence-electron chi connectivity index (χ0n) is 14.4. The SMILES string of the molecule is Cc1ccnn1CCC(=O)N1CC2CCC(C1)N(CC1CC1)C2=O. The normalized spacial score (nSPS) is 26.8. The number of amides is 2. The van der Waals surface area contributed by atoms with Crippen LogP contribution < -0.4 is 0 Å². The molecule has 0 radical (unpaired) electrons. The van der Waals surface area contributed by atoms with E-state index in [4.69, 9.17) is 0 Å². The number of hydrogen-bond donors (Lipinski definition) is 0. The van der Waals surface area contributed by atoms with Gasteiger partial charge in [-0.1, -0.05) is 0 Å². The van der Waals surface area contributed by atoms with Crippen LogP contribution in [0.3, 0.4) is 0 Å². The number of hydrogen-bond acceptors (Lipinski definition) is 3. The van der Waals surface area contributed by atoms with Crippen molar-refractivity contribution in [3.05, 3.63) is 18.0 Å². The van der Waals surface area contributed by atoms with Gasteiger partial charge in [0.15, 0.2) is 0 Å². The fourth-order valence-electron chi connectivity index (χ4n) is 4.06. The molecular formula is C18H26N4O2. The Kier molecular flexibility index (Phi) is 4.06. The third-order valence-corrected chi connectivity index (χ3v) is 5.76. The summed E-state index contributed by atoms with van der Waals surface area (Å²) in [5.41, 5.74) is 1.07. The van der Waals surface area contributed by atoms with Gasteiger partial charge in [-0.25, -0.2) is 0 Å². The first-order chi connectivity index (χ1) is 11.6. The summed E-state index contributed by atoms with van der Waals surface area (Å²) in [5, 5.41) is 4.24. The lowest BCUT2D eigenvalue weighted by molar-refractivity contribution is -0.140. The fraction of sp³-hybridized carbons (Fsp3) is 0.722. The molecule has 0 aromatic carbocycles. The highest BCUT2D eigenvalue weighted by molar-refractivity contribution is 5.83. The highest BCUT2D eigenvalue weighted by atomic mass is 16.2. The van der Waals surface area contributed by atoms with E-state index in [0.717, 1.165) is 25.1 Å². The average Bonchev–Trinajstić information content (AvgIpc) is 3.35. The maximum atomic E-state index is 12.7. The Bertz CT molecular complexity index is 637. The first-order valence-corrected chi connectivity index (χ1v) is 9.18.